The maximum atomic E-state index is 13.7. The second-order valence-corrected chi connectivity index (χ2v) is 9.68. The second-order valence-electron chi connectivity index (χ2n) is 9.68. The summed E-state index contributed by atoms with van der Waals surface area (Å²) < 4.78 is 345. The average molecular weight is 810 g/mol. The van der Waals surface area contributed by atoms with Crippen molar-refractivity contribution < 1.29 is 134 Å². The normalized spacial score (nSPS) is 15.6. The molecule has 0 rings (SSSR count). The minimum atomic E-state index is -8.35. The Labute approximate surface area is 256 Å². The van der Waals surface area contributed by atoms with Gasteiger partial charge >= 0.3 is 83.5 Å². The van der Waals surface area contributed by atoms with E-state index in [1.165, 1.54) is 0 Å². The van der Waals surface area contributed by atoms with Gasteiger partial charge in [0.15, 0.2) is 0 Å². The SMILES string of the molecule is O=C(OOC(=O)C(F)(F)C(F)(F)C(F)(F)C(F)(F)C(F)(F)CCCC(F)(F)F)C(F)(F)C(F)(F)C(F)(F)C(F)(F)C(F)(F)CCCC(F)(F)F. The smallest absolute Gasteiger partial charge is 0.240 e. The van der Waals surface area contributed by atoms with Crippen LogP contribution < -0.4 is 0 Å². The number of alkyl halides is 26. The summed E-state index contributed by atoms with van der Waals surface area (Å²) in [5.74, 6) is -88.4. The van der Waals surface area contributed by atoms with Crippen LogP contribution in [0.1, 0.15) is 38.5 Å². The van der Waals surface area contributed by atoms with Gasteiger partial charge in [0.05, 0.1) is 0 Å². The van der Waals surface area contributed by atoms with Crippen LogP contribution in [0.3, 0.4) is 0 Å². The number of carbonyl (C=O) groups excluding carboxylic acids is 2. The number of hydrogen-bond donors (Lipinski definition) is 0. The first kappa shape index (κ1) is 47.1. The van der Waals surface area contributed by atoms with Crippen molar-refractivity contribution in [2.45, 2.75) is 110 Å². The fourth-order valence-corrected chi connectivity index (χ4v) is 3.02. The number of hydrogen-bond acceptors (Lipinski definition) is 4. The van der Waals surface area contributed by atoms with Crippen molar-refractivity contribution in [3.63, 3.8) is 0 Å². The largest absolute Gasteiger partial charge is 0.431 e. The third-order valence-corrected chi connectivity index (χ3v) is 5.89. The van der Waals surface area contributed by atoms with E-state index >= 15 is 0 Å². The Balaban J connectivity index is 6.25. The summed E-state index contributed by atoms with van der Waals surface area (Å²) in [6.45, 7) is 0. The van der Waals surface area contributed by atoms with E-state index in [1.54, 1.807) is 0 Å². The predicted octanol–water partition coefficient (Wildman–Crippen LogP) is 9.81. The Morgan fingerprint density at radius 2 is 0.540 bits per heavy atom. The highest BCUT2D eigenvalue weighted by molar-refractivity contribution is 5.82. The zero-order valence-corrected chi connectivity index (χ0v) is 22.7. The van der Waals surface area contributed by atoms with Crippen molar-refractivity contribution in [3.8, 4) is 0 Å². The summed E-state index contributed by atoms with van der Waals surface area (Å²) in [6, 6.07) is 0. The van der Waals surface area contributed by atoms with E-state index in [2.05, 4.69) is 0 Å². The third kappa shape index (κ3) is 8.42. The molecule has 0 aromatic heterocycles. The highest BCUT2D eigenvalue weighted by Gasteiger charge is 2.89. The molecule has 0 spiro atoms. The summed E-state index contributed by atoms with van der Waals surface area (Å²) in [6.07, 6.45) is -26.7. The van der Waals surface area contributed by atoms with Crippen molar-refractivity contribution in [1.29, 1.82) is 0 Å². The summed E-state index contributed by atoms with van der Waals surface area (Å²) in [4.78, 5) is 26.1. The molecule has 0 bridgehead atoms. The third-order valence-electron chi connectivity index (χ3n) is 5.89. The Morgan fingerprint density at radius 3 is 0.740 bits per heavy atom. The van der Waals surface area contributed by atoms with Gasteiger partial charge in [0, 0.05) is 25.7 Å². The van der Waals surface area contributed by atoms with Gasteiger partial charge in [-0.2, -0.15) is 114 Å². The fourth-order valence-electron chi connectivity index (χ4n) is 3.02. The first-order valence-electron chi connectivity index (χ1n) is 11.8. The van der Waals surface area contributed by atoms with Gasteiger partial charge in [-0.25, -0.2) is 19.4 Å². The molecular formula is C20H12F26O4. The van der Waals surface area contributed by atoms with Crippen LogP contribution in [0.2, 0.25) is 0 Å². The van der Waals surface area contributed by atoms with Crippen LogP contribution in [-0.2, 0) is 19.4 Å². The number of halogens is 26. The molecule has 0 radical (unpaired) electrons. The Morgan fingerprint density at radius 1 is 0.320 bits per heavy atom. The van der Waals surface area contributed by atoms with Gasteiger partial charge in [-0.3, -0.25) is 0 Å². The molecule has 298 valence electrons. The van der Waals surface area contributed by atoms with E-state index in [0.29, 0.717) is 0 Å². The first-order chi connectivity index (χ1) is 21.5. The van der Waals surface area contributed by atoms with E-state index in [0.717, 1.165) is 0 Å². The lowest BCUT2D eigenvalue weighted by atomic mass is 9.92. The molecule has 50 heavy (non-hydrogen) atoms. The van der Waals surface area contributed by atoms with Gasteiger partial charge in [0.25, 0.3) is 0 Å². The molecule has 0 amide bonds. The van der Waals surface area contributed by atoms with Crippen molar-refractivity contribution in [3.05, 3.63) is 0 Å². The van der Waals surface area contributed by atoms with E-state index in [4.69, 9.17) is 0 Å². The van der Waals surface area contributed by atoms with Gasteiger partial charge in [-0.05, 0) is 12.8 Å². The van der Waals surface area contributed by atoms with Gasteiger partial charge < -0.3 is 0 Å². The topological polar surface area (TPSA) is 52.6 Å². The van der Waals surface area contributed by atoms with Gasteiger partial charge in [0.1, 0.15) is 0 Å². The fraction of sp³-hybridized carbons (Fsp3) is 0.900. The molecule has 30 heteroatoms. The first-order valence-corrected chi connectivity index (χ1v) is 11.8. The maximum absolute atomic E-state index is 13.7. The molecule has 4 nitrogen and oxygen atoms in total. The molecule has 0 unspecified atom stereocenters. The molecular weight excluding hydrogens is 798 g/mol. The molecule has 0 atom stereocenters. The van der Waals surface area contributed by atoms with Crippen LogP contribution in [0.15, 0.2) is 0 Å². The van der Waals surface area contributed by atoms with Crippen molar-refractivity contribution in [1.82, 2.24) is 0 Å². The molecule has 0 aromatic rings. The summed E-state index contributed by atoms with van der Waals surface area (Å²) in [7, 11) is 0. The summed E-state index contributed by atoms with van der Waals surface area (Å²) >= 11 is 0. The van der Waals surface area contributed by atoms with Crippen molar-refractivity contribution in [2.24, 2.45) is 0 Å². The lowest BCUT2D eigenvalue weighted by Gasteiger charge is -2.39. The lowest BCUT2D eigenvalue weighted by molar-refractivity contribution is -0.407. The molecule has 0 aliphatic heterocycles. The molecule has 0 fully saturated rings. The predicted molar refractivity (Wildman–Crippen MR) is 101 cm³/mol. The van der Waals surface area contributed by atoms with E-state index in [-0.39, 0.29) is 0 Å². The van der Waals surface area contributed by atoms with E-state index in [9.17, 15) is 124 Å². The van der Waals surface area contributed by atoms with Crippen LogP contribution >= 0.6 is 0 Å². The highest BCUT2D eigenvalue weighted by atomic mass is 19.4. The summed E-state index contributed by atoms with van der Waals surface area (Å²) in [5, 5.41) is 0. The number of rotatable bonds is 16. The molecule has 0 aliphatic rings. The summed E-state index contributed by atoms with van der Waals surface area (Å²) in [5.41, 5.74) is 0. The molecule has 0 aliphatic carbocycles. The number of carbonyl (C=O) groups is 2. The van der Waals surface area contributed by atoms with Crippen molar-refractivity contribution in [2.75, 3.05) is 0 Å². The Kier molecular flexibility index (Phi) is 12.8. The van der Waals surface area contributed by atoms with Crippen LogP contribution in [0.25, 0.3) is 0 Å². The molecule has 0 saturated carbocycles. The second kappa shape index (κ2) is 13.6. The van der Waals surface area contributed by atoms with Gasteiger partial charge in [-0.15, -0.1) is 0 Å². The molecule has 0 heterocycles. The maximum Gasteiger partial charge on any atom is 0.431 e. The zero-order valence-electron chi connectivity index (χ0n) is 22.7. The highest BCUT2D eigenvalue weighted by Crippen LogP contribution is 2.60. The minimum Gasteiger partial charge on any atom is -0.240 e. The van der Waals surface area contributed by atoms with E-state index < -0.39 is 122 Å². The monoisotopic (exact) mass is 810 g/mol. The standard InChI is InChI=1S/C20H12F26O4/c21-9(22,3-1-5-11(25,26)27)15(35,36)19(43,44)17(39,40)13(31,32)7(47)49-50-8(48)14(33,34)18(41,42)20(45,46)16(37,38)10(23,24)4-2-6-12(28,29)30/h1-6H2. The quantitative estimate of drug-likeness (QED) is 0.0886. The average Bonchev–Trinajstić information content (AvgIpc) is 2.88. The molecule has 0 aromatic carbocycles. The molecule has 0 N–H and O–H groups in total. The van der Waals surface area contributed by atoms with Crippen molar-refractivity contribution >= 4 is 11.9 Å². The Hall–Kier alpha value is -2.88. The Bertz CT molecular complexity index is 1110. The van der Waals surface area contributed by atoms with Crippen LogP contribution in [-0.4, -0.2) is 83.5 Å². The minimum absolute atomic E-state index is 1.97. The van der Waals surface area contributed by atoms with Gasteiger partial charge in [0.2, 0.25) is 0 Å². The van der Waals surface area contributed by atoms with Crippen LogP contribution in [0, 0.1) is 0 Å². The lowest BCUT2D eigenvalue weighted by Crippen LogP contribution is -2.69. The van der Waals surface area contributed by atoms with Crippen LogP contribution in [0.4, 0.5) is 114 Å². The van der Waals surface area contributed by atoms with Gasteiger partial charge in [-0.1, -0.05) is 0 Å². The zero-order chi connectivity index (χ0) is 40.8. The van der Waals surface area contributed by atoms with Crippen LogP contribution in [0.5, 0.6) is 0 Å². The molecule has 0 saturated heterocycles. The van der Waals surface area contributed by atoms with E-state index in [1.807, 2.05) is 9.78 Å².